The number of sulfone groups is 1. The minimum Gasteiger partial charge on any atom is -0.367 e. The van der Waals surface area contributed by atoms with Crippen LogP contribution >= 0.6 is 0 Å². The van der Waals surface area contributed by atoms with Crippen LogP contribution in [0.3, 0.4) is 0 Å². The van der Waals surface area contributed by atoms with Crippen LogP contribution in [0.1, 0.15) is 13.4 Å². The van der Waals surface area contributed by atoms with Gasteiger partial charge < -0.3 is 10.4 Å². The van der Waals surface area contributed by atoms with Crippen molar-refractivity contribution in [1.82, 2.24) is 5.32 Å². The maximum Gasteiger partial charge on any atom is 0.315 e. The quantitative estimate of drug-likeness (QED) is 0.763. The van der Waals surface area contributed by atoms with Crippen molar-refractivity contribution in [2.24, 2.45) is 0 Å². The van der Waals surface area contributed by atoms with Crippen molar-refractivity contribution in [2.45, 2.75) is 23.4 Å². The molecule has 1 amide bonds. The summed E-state index contributed by atoms with van der Waals surface area (Å²) in [6.07, 6.45) is -4.30. The van der Waals surface area contributed by atoms with Gasteiger partial charge in [-0.15, -0.1) is 0 Å². The van der Waals surface area contributed by atoms with Gasteiger partial charge in [-0.3, -0.25) is 9.18 Å². The SMILES string of the molecule is [2H]C(F)(F)C(=O)NC(O)(CCF)c1ccc(S(C)(=O)=O)cc1. The first-order valence-corrected chi connectivity index (χ1v) is 7.58. The van der Waals surface area contributed by atoms with Crippen LogP contribution < -0.4 is 5.32 Å². The number of rotatable bonds is 6. The fraction of sp³-hybridized carbons (Fsp3) is 0.417. The average molecular weight is 326 g/mol. The number of benzene rings is 1. The molecule has 0 fully saturated rings. The van der Waals surface area contributed by atoms with E-state index in [1.54, 1.807) is 0 Å². The molecule has 1 unspecified atom stereocenters. The molecule has 0 saturated carbocycles. The lowest BCUT2D eigenvalue weighted by Crippen LogP contribution is -2.48. The molecule has 1 rings (SSSR count). The van der Waals surface area contributed by atoms with Crippen molar-refractivity contribution in [2.75, 3.05) is 12.9 Å². The lowest BCUT2D eigenvalue weighted by atomic mass is 9.99. The molecule has 2 N–H and O–H groups in total. The highest BCUT2D eigenvalue weighted by molar-refractivity contribution is 7.90. The van der Waals surface area contributed by atoms with Gasteiger partial charge in [0.25, 0.3) is 5.91 Å². The van der Waals surface area contributed by atoms with Crippen LogP contribution in [0.2, 0.25) is 0 Å². The first-order chi connectivity index (χ1) is 9.90. The molecule has 0 spiro atoms. The Bertz CT molecular complexity index is 645. The summed E-state index contributed by atoms with van der Waals surface area (Å²) in [6, 6.07) is 4.29. The second-order valence-corrected chi connectivity index (χ2v) is 6.33. The molecule has 0 heterocycles. The van der Waals surface area contributed by atoms with E-state index < -0.39 is 41.0 Å². The van der Waals surface area contributed by atoms with Gasteiger partial charge in [-0.05, 0) is 12.1 Å². The third-order valence-corrected chi connectivity index (χ3v) is 3.84. The molecule has 1 atom stereocenters. The van der Waals surface area contributed by atoms with Gasteiger partial charge in [-0.1, -0.05) is 12.1 Å². The second kappa shape index (κ2) is 6.44. The molecule has 0 aliphatic carbocycles. The molecule has 9 heteroatoms. The van der Waals surface area contributed by atoms with Crippen molar-refractivity contribution < 1.29 is 32.9 Å². The molecule has 0 aromatic heterocycles. The van der Waals surface area contributed by atoms with E-state index in [2.05, 4.69) is 0 Å². The lowest BCUT2D eigenvalue weighted by Gasteiger charge is -2.28. The first kappa shape index (κ1) is 15.8. The highest BCUT2D eigenvalue weighted by Crippen LogP contribution is 2.24. The Morgan fingerprint density at radius 1 is 1.43 bits per heavy atom. The molecule has 0 saturated heterocycles. The van der Waals surface area contributed by atoms with Crippen molar-refractivity contribution in [3.05, 3.63) is 29.8 Å². The second-order valence-electron chi connectivity index (χ2n) is 4.31. The Balaban J connectivity index is 3.17. The monoisotopic (exact) mass is 326 g/mol. The Labute approximate surface area is 121 Å². The van der Waals surface area contributed by atoms with E-state index in [9.17, 15) is 31.5 Å². The molecular weight excluding hydrogens is 311 g/mol. The number of hydrogen-bond donors (Lipinski definition) is 2. The lowest BCUT2D eigenvalue weighted by molar-refractivity contribution is -0.141. The van der Waals surface area contributed by atoms with Crippen LogP contribution in [0.15, 0.2) is 29.2 Å². The van der Waals surface area contributed by atoms with Crippen molar-refractivity contribution in [3.63, 3.8) is 0 Å². The number of nitrogens with one attached hydrogen (secondary N) is 1. The number of carbonyl (C=O) groups excluding carboxylic acids is 1. The van der Waals surface area contributed by atoms with Crippen molar-refractivity contribution in [1.29, 1.82) is 0 Å². The van der Waals surface area contributed by atoms with Crippen LogP contribution in [0.5, 0.6) is 0 Å². The predicted octanol–water partition coefficient (Wildman–Crippen LogP) is 0.976. The van der Waals surface area contributed by atoms with Gasteiger partial charge >= 0.3 is 6.40 Å². The summed E-state index contributed by atoms with van der Waals surface area (Å²) >= 11 is 0. The van der Waals surface area contributed by atoms with E-state index in [1.165, 1.54) is 5.32 Å². The van der Waals surface area contributed by atoms with Gasteiger partial charge in [0, 0.05) is 18.2 Å². The molecule has 0 aliphatic heterocycles. The molecule has 1 aromatic rings. The number of amides is 1. The van der Waals surface area contributed by atoms with E-state index in [0.717, 1.165) is 30.5 Å². The first-order valence-electron chi connectivity index (χ1n) is 6.19. The van der Waals surface area contributed by atoms with Crippen LogP contribution in [0, 0.1) is 0 Å². The van der Waals surface area contributed by atoms with Gasteiger partial charge in [0.05, 0.1) is 11.6 Å². The van der Waals surface area contributed by atoms with Gasteiger partial charge in [-0.25, -0.2) is 8.42 Å². The van der Waals surface area contributed by atoms with Crippen molar-refractivity contribution in [3.8, 4) is 0 Å². The van der Waals surface area contributed by atoms with Crippen molar-refractivity contribution >= 4 is 15.7 Å². The smallest absolute Gasteiger partial charge is 0.315 e. The molecule has 0 radical (unpaired) electrons. The minimum absolute atomic E-state index is 0.101. The maximum atomic E-state index is 12.6. The summed E-state index contributed by atoms with van der Waals surface area (Å²) < 4.78 is 66.7. The van der Waals surface area contributed by atoms with Gasteiger partial charge in [0.2, 0.25) is 0 Å². The Morgan fingerprint density at radius 3 is 2.33 bits per heavy atom. The normalized spacial score (nSPS) is 16.0. The van der Waals surface area contributed by atoms with E-state index in [0.29, 0.717) is 0 Å². The molecular formula is C12H14F3NO4S. The van der Waals surface area contributed by atoms with E-state index in [4.69, 9.17) is 1.37 Å². The van der Waals surface area contributed by atoms with Crippen LogP contribution in [0.4, 0.5) is 13.2 Å². The Hall–Kier alpha value is -1.61. The van der Waals surface area contributed by atoms with E-state index in [1.807, 2.05) is 0 Å². The molecule has 0 bridgehead atoms. The zero-order chi connectivity index (χ0) is 17.2. The number of aliphatic hydroxyl groups is 1. The summed E-state index contributed by atoms with van der Waals surface area (Å²) in [5.41, 5.74) is -2.66. The molecule has 118 valence electrons. The summed E-state index contributed by atoms with van der Waals surface area (Å²) in [4.78, 5) is 11.0. The summed E-state index contributed by atoms with van der Waals surface area (Å²) in [6.45, 7) is -1.14. The number of carbonyl (C=O) groups is 1. The molecule has 21 heavy (non-hydrogen) atoms. The Kier molecular flexibility index (Phi) is 4.84. The third-order valence-electron chi connectivity index (χ3n) is 2.71. The third kappa shape index (κ3) is 4.43. The van der Waals surface area contributed by atoms with Crippen LogP contribution in [-0.2, 0) is 20.4 Å². The predicted molar refractivity (Wildman–Crippen MR) is 68.2 cm³/mol. The highest BCUT2D eigenvalue weighted by Gasteiger charge is 2.33. The largest absolute Gasteiger partial charge is 0.367 e. The molecule has 0 aliphatic rings. The van der Waals surface area contributed by atoms with Gasteiger partial charge in [-0.2, -0.15) is 8.78 Å². The fourth-order valence-electron chi connectivity index (χ4n) is 1.63. The Morgan fingerprint density at radius 2 is 1.95 bits per heavy atom. The van der Waals surface area contributed by atoms with E-state index >= 15 is 0 Å². The molecule has 1 aromatic carbocycles. The number of alkyl halides is 3. The zero-order valence-corrected chi connectivity index (χ0v) is 11.8. The highest BCUT2D eigenvalue weighted by atomic mass is 32.2. The number of halogens is 3. The van der Waals surface area contributed by atoms with Gasteiger partial charge in [0.15, 0.2) is 15.6 Å². The summed E-state index contributed by atoms with van der Waals surface area (Å²) in [7, 11) is -3.52. The molecule has 5 nitrogen and oxygen atoms in total. The van der Waals surface area contributed by atoms with Gasteiger partial charge in [0.1, 0.15) is 1.37 Å². The van der Waals surface area contributed by atoms with Crippen LogP contribution in [-0.4, -0.2) is 38.8 Å². The topological polar surface area (TPSA) is 83.5 Å². The zero-order valence-electron chi connectivity index (χ0n) is 11.9. The number of hydrogen-bond acceptors (Lipinski definition) is 4. The van der Waals surface area contributed by atoms with Crippen LogP contribution in [0.25, 0.3) is 0 Å². The summed E-state index contributed by atoms with van der Waals surface area (Å²) in [5, 5.41) is 11.7. The average Bonchev–Trinajstić information content (AvgIpc) is 2.37. The van der Waals surface area contributed by atoms with E-state index in [-0.39, 0.29) is 10.5 Å². The minimum atomic E-state index is -4.50. The fourth-order valence-corrected chi connectivity index (χ4v) is 2.26. The summed E-state index contributed by atoms with van der Waals surface area (Å²) in [5.74, 6) is -2.10. The standard InChI is InChI=1S/C12H14F3NO4S/c1-21(19,20)9-4-2-8(3-5-9)12(18,6-7-13)16-11(17)10(14)15/h2-5,10,18H,6-7H2,1H3,(H,16,17)/i10D. The maximum absolute atomic E-state index is 12.6.